The Balaban J connectivity index is 1.88. The van der Waals surface area contributed by atoms with E-state index < -0.39 is 37.0 Å². The van der Waals surface area contributed by atoms with E-state index in [9.17, 15) is 18.4 Å². The van der Waals surface area contributed by atoms with E-state index in [2.05, 4.69) is 13.8 Å². The van der Waals surface area contributed by atoms with Gasteiger partial charge in [0.25, 0.3) is 0 Å². The van der Waals surface area contributed by atoms with Gasteiger partial charge in [0.05, 0.1) is 6.42 Å². The van der Waals surface area contributed by atoms with Gasteiger partial charge in [-0.3, -0.25) is 4.79 Å². The van der Waals surface area contributed by atoms with E-state index in [1.807, 2.05) is 36.4 Å². The molecule has 0 aliphatic carbocycles. The molecule has 2 aromatic rings. The summed E-state index contributed by atoms with van der Waals surface area (Å²) < 4.78 is 42.0. The molecule has 0 heterocycles. The molecule has 0 aliphatic rings. The molecule has 0 bridgehead atoms. The maximum Gasteiger partial charge on any atom is 0.340 e. The molecular weight excluding hydrogens is 478 g/mol. The van der Waals surface area contributed by atoms with Crippen LogP contribution in [0.15, 0.2) is 48.5 Å². The summed E-state index contributed by atoms with van der Waals surface area (Å²) in [6, 6.07) is 14.6. The molecule has 2 aromatic carbocycles. The van der Waals surface area contributed by atoms with Crippen LogP contribution in [-0.2, 0) is 25.5 Å². The van der Waals surface area contributed by atoms with Gasteiger partial charge in [0.15, 0.2) is 6.10 Å². The van der Waals surface area contributed by atoms with E-state index in [0.717, 1.165) is 55.2 Å². The molecular formula is C30H40F2O5. The Bertz CT molecular complexity index is 928. The number of halogens is 2. The van der Waals surface area contributed by atoms with Gasteiger partial charge in [-0.1, -0.05) is 75.9 Å². The van der Waals surface area contributed by atoms with Crippen molar-refractivity contribution in [1.82, 2.24) is 0 Å². The molecule has 37 heavy (non-hydrogen) atoms. The third-order valence-electron chi connectivity index (χ3n) is 6.02. The van der Waals surface area contributed by atoms with E-state index in [-0.39, 0.29) is 6.42 Å². The molecule has 0 amide bonds. The second kappa shape index (κ2) is 16.8. The molecule has 0 radical (unpaired) electrons. The monoisotopic (exact) mass is 518 g/mol. The lowest BCUT2D eigenvalue weighted by molar-refractivity contribution is -0.150. The van der Waals surface area contributed by atoms with Crippen molar-refractivity contribution in [2.75, 3.05) is 6.61 Å². The van der Waals surface area contributed by atoms with Gasteiger partial charge >= 0.3 is 11.9 Å². The highest BCUT2D eigenvalue weighted by Crippen LogP contribution is 2.24. The number of hydrogen-bond acceptors (Lipinski definition) is 5. The van der Waals surface area contributed by atoms with Crippen LogP contribution in [0.25, 0.3) is 11.1 Å². The first-order valence-electron chi connectivity index (χ1n) is 13.3. The Morgan fingerprint density at radius 1 is 0.838 bits per heavy atom. The molecule has 0 saturated heterocycles. The molecule has 0 aliphatic heterocycles. The molecule has 0 fully saturated rings. The first kappa shape index (κ1) is 30.4. The lowest BCUT2D eigenvalue weighted by Gasteiger charge is -2.17. The van der Waals surface area contributed by atoms with Gasteiger partial charge in [-0.15, -0.1) is 0 Å². The van der Waals surface area contributed by atoms with Crippen LogP contribution in [0.1, 0.15) is 77.7 Å². The summed E-state index contributed by atoms with van der Waals surface area (Å²) in [5, 5.41) is 0. The summed E-state index contributed by atoms with van der Waals surface area (Å²) in [6.07, 6.45) is 1.91. The fraction of sp³-hybridized carbons (Fsp3) is 0.533. The Kier molecular flexibility index (Phi) is 13.9. The van der Waals surface area contributed by atoms with Crippen molar-refractivity contribution < 1.29 is 32.6 Å². The van der Waals surface area contributed by atoms with Crippen molar-refractivity contribution in [3.05, 3.63) is 54.1 Å². The number of ether oxygens (including phenoxy) is 3. The fourth-order valence-corrected chi connectivity index (χ4v) is 3.82. The van der Waals surface area contributed by atoms with Crippen LogP contribution < -0.4 is 4.74 Å². The highest BCUT2D eigenvalue weighted by molar-refractivity contribution is 5.77. The van der Waals surface area contributed by atoms with E-state index in [1.54, 1.807) is 19.1 Å². The van der Waals surface area contributed by atoms with Crippen LogP contribution in [0.3, 0.4) is 0 Å². The Morgan fingerprint density at radius 2 is 1.46 bits per heavy atom. The minimum Gasteiger partial charge on any atom is -0.462 e. The minimum absolute atomic E-state index is 0.0301. The van der Waals surface area contributed by atoms with Gasteiger partial charge in [-0.05, 0) is 55.0 Å². The first-order valence-corrected chi connectivity index (χ1v) is 13.3. The Hall–Kier alpha value is -2.80. The van der Waals surface area contributed by atoms with Gasteiger partial charge in [0, 0.05) is 13.0 Å². The zero-order valence-corrected chi connectivity index (χ0v) is 22.2. The van der Waals surface area contributed by atoms with Crippen LogP contribution in [0.2, 0.25) is 0 Å². The van der Waals surface area contributed by atoms with E-state index in [4.69, 9.17) is 14.2 Å². The number of benzene rings is 2. The zero-order valence-electron chi connectivity index (χ0n) is 22.2. The maximum absolute atomic E-state index is 12.9. The number of alkyl halides is 2. The van der Waals surface area contributed by atoms with Crippen LogP contribution in [-0.4, -0.2) is 37.2 Å². The van der Waals surface area contributed by atoms with E-state index >= 15 is 0 Å². The van der Waals surface area contributed by atoms with Gasteiger partial charge in [0.1, 0.15) is 11.9 Å². The predicted octanol–water partition coefficient (Wildman–Crippen LogP) is 7.54. The van der Waals surface area contributed by atoms with Gasteiger partial charge in [0.2, 0.25) is 6.43 Å². The number of carbonyl (C=O) groups excluding carboxylic acids is 2. The van der Waals surface area contributed by atoms with Crippen LogP contribution in [0, 0.1) is 0 Å². The molecule has 5 nitrogen and oxygen atoms in total. The van der Waals surface area contributed by atoms with E-state index in [1.165, 1.54) is 0 Å². The standard InChI is InChI=1S/C30H40F2O5/c1-4-6-8-9-10-27(21-28(31)32)36-29(33)20-23-11-13-24(14-12-23)25-15-17-26(18-16-25)37-30(34)22(3)35-19-7-5-2/h11-18,22,27-28H,4-10,19-21H2,1-3H3/t22-,27+/m0/s1. The molecule has 204 valence electrons. The summed E-state index contributed by atoms with van der Waals surface area (Å²) in [5.74, 6) is -0.489. The quantitative estimate of drug-likeness (QED) is 0.123. The second-order valence-corrected chi connectivity index (χ2v) is 9.27. The van der Waals surface area contributed by atoms with Gasteiger partial charge < -0.3 is 14.2 Å². The van der Waals surface area contributed by atoms with Crippen molar-refractivity contribution in [3.8, 4) is 16.9 Å². The van der Waals surface area contributed by atoms with Crippen molar-refractivity contribution in [2.45, 2.75) is 97.2 Å². The summed E-state index contributed by atoms with van der Waals surface area (Å²) in [4.78, 5) is 24.5. The van der Waals surface area contributed by atoms with Crippen LogP contribution in [0.5, 0.6) is 5.75 Å². The third-order valence-corrected chi connectivity index (χ3v) is 6.02. The maximum atomic E-state index is 12.9. The second-order valence-electron chi connectivity index (χ2n) is 9.27. The van der Waals surface area contributed by atoms with Crippen LogP contribution >= 0.6 is 0 Å². The fourth-order valence-electron chi connectivity index (χ4n) is 3.82. The average molecular weight is 519 g/mol. The molecule has 0 N–H and O–H groups in total. The SMILES string of the molecule is CCCCCC[C@H](CC(F)F)OC(=O)Cc1ccc(-c2ccc(OC(=O)[C@H](C)OCCCC)cc2)cc1. The summed E-state index contributed by atoms with van der Waals surface area (Å²) >= 11 is 0. The number of hydrogen-bond donors (Lipinski definition) is 0. The number of rotatable bonds is 17. The summed E-state index contributed by atoms with van der Waals surface area (Å²) in [5.41, 5.74) is 2.60. The Labute approximate surface area is 219 Å². The number of unbranched alkanes of at least 4 members (excludes halogenated alkanes) is 4. The molecule has 0 spiro atoms. The zero-order chi connectivity index (χ0) is 27.0. The van der Waals surface area contributed by atoms with Gasteiger partial charge in [-0.2, -0.15) is 0 Å². The highest BCUT2D eigenvalue weighted by atomic mass is 19.3. The normalized spacial score (nSPS) is 12.8. The molecule has 2 atom stereocenters. The lowest BCUT2D eigenvalue weighted by Crippen LogP contribution is -2.26. The molecule has 2 rings (SSSR count). The lowest BCUT2D eigenvalue weighted by atomic mass is 10.0. The molecule has 0 saturated carbocycles. The van der Waals surface area contributed by atoms with Gasteiger partial charge in [-0.25, -0.2) is 13.6 Å². The van der Waals surface area contributed by atoms with Crippen molar-refractivity contribution >= 4 is 11.9 Å². The third kappa shape index (κ3) is 11.9. The molecule has 0 unspecified atom stereocenters. The first-order chi connectivity index (χ1) is 17.8. The molecule has 7 heteroatoms. The predicted molar refractivity (Wildman–Crippen MR) is 141 cm³/mol. The highest BCUT2D eigenvalue weighted by Gasteiger charge is 2.20. The topological polar surface area (TPSA) is 61.8 Å². The van der Waals surface area contributed by atoms with Crippen molar-refractivity contribution in [2.24, 2.45) is 0 Å². The molecule has 0 aromatic heterocycles. The number of esters is 2. The minimum atomic E-state index is -2.50. The average Bonchev–Trinajstić information content (AvgIpc) is 2.87. The number of carbonyl (C=O) groups is 2. The van der Waals surface area contributed by atoms with Crippen molar-refractivity contribution in [1.29, 1.82) is 0 Å². The summed E-state index contributed by atoms with van der Waals surface area (Å²) in [6.45, 7) is 6.34. The smallest absolute Gasteiger partial charge is 0.340 e. The van der Waals surface area contributed by atoms with Crippen LogP contribution in [0.4, 0.5) is 8.78 Å². The van der Waals surface area contributed by atoms with Crippen molar-refractivity contribution in [3.63, 3.8) is 0 Å². The largest absolute Gasteiger partial charge is 0.462 e. The van der Waals surface area contributed by atoms with E-state index in [0.29, 0.717) is 18.8 Å². The summed E-state index contributed by atoms with van der Waals surface area (Å²) in [7, 11) is 0. The Morgan fingerprint density at radius 3 is 2.05 bits per heavy atom.